The Labute approximate surface area is 201 Å². The molecule has 3 heterocycles. The maximum absolute atomic E-state index is 12.5. The molecule has 1 amide bonds. The van der Waals surface area contributed by atoms with Crippen LogP contribution in [0.5, 0.6) is 0 Å². The van der Waals surface area contributed by atoms with Crippen molar-refractivity contribution in [1.82, 2.24) is 9.88 Å². The Hall–Kier alpha value is -3.90. The van der Waals surface area contributed by atoms with Gasteiger partial charge in [0.05, 0.1) is 17.2 Å². The number of nitrogens with one attached hydrogen (secondary N) is 1. The molecular weight excluding hydrogens is 450 g/mol. The zero-order valence-corrected chi connectivity index (χ0v) is 19.9. The van der Waals surface area contributed by atoms with E-state index in [-0.39, 0.29) is 16.2 Å². The summed E-state index contributed by atoms with van der Waals surface area (Å²) in [7, 11) is 0. The number of aromatic nitrogens is 1. The maximum atomic E-state index is 12.5. The zero-order chi connectivity index (χ0) is 24.2. The molecule has 1 fully saturated rings. The first kappa shape index (κ1) is 23.3. The molecule has 9 heteroatoms. The van der Waals surface area contributed by atoms with E-state index in [4.69, 9.17) is 0 Å². The third-order valence-corrected chi connectivity index (χ3v) is 6.88. The van der Waals surface area contributed by atoms with Crippen LogP contribution in [0.15, 0.2) is 47.4 Å². The van der Waals surface area contributed by atoms with Crippen molar-refractivity contribution in [3.63, 3.8) is 0 Å². The van der Waals surface area contributed by atoms with Crippen LogP contribution in [0.25, 0.3) is 11.8 Å². The number of rotatable bonds is 7. The van der Waals surface area contributed by atoms with Gasteiger partial charge in [-0.05, 0) is 68.0 Å². The second kappa shape index (κ2) is 9.93. The van der Waals surface area contributed by atoms with E-state index in [1.165, 1.54) is 11.3 Å². The number of thiophene rings is 1. The number of nitriles is 1. The SMILES string of the molecule is Cc1cc(/C=C(\C#N)C(=O)NCc2cccs2)c(C)n1-c1ccc(N2CCCC2)c([N+](=O)[O-])c1. The molecule has 0 aliphatic carbocycles. The number of anilines is 1. The van der Waals surface area contributed by atoms with Crippen molar-refractivity contribution >= 4 is 34.7 Å². The lowest BCUT2D eigenvalue weighted by Gasteiger charge is -2.19. The highest BCUT2D eigenvalue weighted by Crippen LogP contribution is 2.34. The van der Waals surface area contributed by atoms with Crippen LogP contribution >= 0.6 is 11.3 Å². The molecule has 1 aromatic carbocycles. The van der Waals surface area contributed by atoms with Crippen LogP contribution in [0.3, 0.4) is 0 Å². The van der Waals surface area contributed by atoms with Gasteiger partial charge in [0.15, 0.2) is 0 Å². The Morgan fingerprint density at radius 1 is 1.26 bits per heavy atom. The quantitative estimate of drug-likeness (QED) is 0.227. The maximum Gasteiger partial charge on any atom is 0.294 e. The van der Waals surface area contributed by atoms with Gasteiger partial charge in [-0.2, -0.15) is 5.26 Å². The standard InChI is InChI=1S/C25H25N5O3S/c1-17-12-19(13-20(15-26)25(31)27-16-22-6-5-11-34-22)18(2)29(17)21-7-8-23(24(14-21)30(32)33)28-9-3-4-10-28/h5-8,11-14H,3-4,9-10,16H2,1-2H3,(H,27,31)/b20-13+. The number of nitro groups is 1. The predicted molar refractivity (Wildman–Crippen MR) is 133 cm³/mol. The summed E-state index contributed by atoms with van der Waals surface area (Å²) in [6.45, 7) is 5.77. The molecule has 1 aliphatic heterocycles. The largest absolute Gasteiger partial charge is 0.366 e. The Kier molecular flexibility index (Phi) is 6.80. The lowest BCUT2D eigenvalue weighted by molar-refractivity contribution is -0.384. The molecule has 0 bridgehead atoms. The minimum Gasteiger partial charge on any atom is -0.366 e. The van der Waals surface area contributed by atoms with E-state index in [1.807, 2.05) is 60.2 Å². The second-order valence-electron chi connectivity index (χ2n) is 8.22. The highest BCUT2D eigenvalue weighted by atomic mass is 32.1. The topological polar surface area (TPSA) is 104 Å². The summed E-state index contributed by atoms with van der Waals surface area (Å²) in [6, 6.07) is 13.0. The first-order valence-electron chi connectivity index (χ1n) is 11.0. The number of aryl methyl sites for hydroxylation is 1. The summed E-state index contributed by atoms with van der Waals surface area (Å²) in [4.78, 5) is 27.1. The smallest absolute Gasteiger partial charge is 0.294 e. The molecule has 0 saturated carbocycles. The second-order valence-corrected chi connectivity index (χ2v) is 9.25. The predicted octanol–water partition coefficient (Wildman–Crippen LogP) is 4.89. The molecule has 0 atom stereocenters. The minimum absolute atomic E-state index is 0.00664. The summed E-state index contributed by atoms with van der Waals surface area (Å²) in [5, 5.41) is 26.1. The van der Waals surface area contributed by atoms with Gasteiger partial charge in [0, 0.05) is 35.4 Å². The molecule has 174 valence electrons. The van der Waals surface area contributed by atoms with Crippen molar-refractivity contribution in [2.45, 2.75) is 33.2 Å². The van der Waals surface area contributed by atoms with Crippen LogP contribution in [0, 0.1) is 35.3 Å². The van der Waals surface area contributed by atoms with E-state index in [2.05, 4.69) is 10.2 Å². The highest BCUT2D eigenvalue weighted by molar-refractivity contribution is 7.09. The third kappa shape index (κ3) is 4.72. The normalized spacial score (nSPS) is 13.7. The van der Waals surface area contributed by atoms with Gasteiger partial charge in [-0.25, -0.2) is 0 Å². The first-order chi connectivity index (χ1) is 16.4. The average Bonchev–Trinajstić information content (AvgIpc) is 3.58. The van der Waals surface area contributed by atoms with Gasteiger partial charge >= 0.3 is 0 Å². The number of carbonyl (C=O) groups is 1. The molecule has 0 spiro atoms. The third-order valence-electron chi connectivity index (χ3n) is 6.00. The van der Waals surface area contributed by atoms with Crippen molar-refractivity contribution in [2.75, 3.05) is 18.0 Å². The van der Waals surface area contributed by atoms with Gasteiger partial charge in [-0.1, -0.05) is 6.07 Å². The monoisotopic (exact) mass is 475 g/mol. The number of benzene rings is 1. The van der Waals surface area contributed by atoms with Crippen molar-refractivity contribution in [3.05, 3.63) is 79.3 Å². The lowest BCUT2D eigenvalue weighted by Crippen LogP contribution is -2.23. The van der Waals surface area contributed by atoms with Gasteiger partial charge in [-0.15, -0.1) is 11.3 Å². The number of nitrogens with zero attached hydrogens (tertiary/aromatic N) is 4. The van der Waals surface area contributed by atoms with Gasteiger partial charge in [0.25, 0.3) is 11.6 Å². The van der Waals surface area contributed by atoms with Crippen molar-refractivity contribution in [2.24, 2.45) is 0 Å². The number of carbonyl (C=O) groups excluding carboxylic acids is 1. The Bertz CT molecular complexity index is 1290. The van der Waals surface area contributed by atoms with Crippen molar-refractivity contribution < 1.29 is 9.72 Å². The van der Waals surface area contributed by atoms with Gasteiger partial charge in [0.2, 0.25) is 0 Å². The molecule has 1 aliphatic rings. The molecular formula is C25H25N5O3S. The molecule has 0 radical (unpaired) electrons. The summed E-state index contributed by atoms with van der Waals surface area (Å²) < 4.78 is 1.91. The molecule has 3 aromatic rings. The van der Waals surface area contributed by atoms with Crippen molar-refractivity contribution in [1.29, 1.82) is 5.26 Å². The van der Waals surface area contributed by atoms with E-state index >= 15 is 0 Å². The zero-order valence-electron chi connectivity index (χ0n) is 19.1. The van der Waals surface area contributed by atoms with Gasteiger partial charge in [-0.3, -0.25) is 14.9 Å². The molecule has 8 nitrogen and oxygen atoms in total. The number of amides is 1. The van der Waals surface area contributed by atoms with E-state index in [9.17, 15) is 20.2 Å². The van der Waals surface area contributed by atoms with E-state index in [0.29, 0.717) is 23.5 Å². The fourth-order valence-electron chi connectivity index (χ4n) is 4.33. The fraction of sp³-hybridized carbons (Fsp3) is 0.280. The van der Waals surface area contributed by atoms with E-state index in [1.54, 1.807) is 12.1 Å². The fourth-order valence-corrected chi connectivity index (χ4v) is 4.98. The van der Waals surface area contributed by atoms with Crippen LogP contribution in [-0.2, 0) is 11.3 Å². The first-order valence-corrected chi connectivity index (χ1v) is 11.9. The molecule has 4 rings (SSSR count). The minimum atomic E-state index is -0.439. The molecule has 0 unspecified atom stereocenters. The van der Waals surface area contributed by atoms with Crippen LogP contribution in [0.2, 0.25) is 0 Å². The number of hydrogen-bond donors (Lipinski definition) is 1. The van der Waals surface area contributed by atoms with Crippen molar-refractivity contribution in [3.8, 4) is 11.8 Å². The Morgan fingerprint density at radius 3 is 2.68 bits per heavy atom. The van der Waals surface area contributed by atoms with Crippen LogP contribution in [0.1, 0.15) is 34.7 Å². The van der Waals surface area contributed by atoms with Crippen LogP contribution in [0.4, 0.5) is 11.4 Å². The van der Waals surface area contributed by atoms with E-state index < -0.39 is 5.91 Å². The number of hydrogen-bond acceptors (Lipinski definition) is 6. The van der Waals surface area contributed by atoms with Gasteiger partial charge in [0.1, 0.15) is 17.3 Å². The highest BCUT2D eigenvalue weighted by Gasteiger charge is 2.24. The van der Waals surface area contributed by atoms with E-state index in [0.717, 1.165) is 42.2 Å². The Morgan fingerprint density at radius 2 is 2.03 bits per heavy atom. The Balaban J connectivity index is 1.64. The molecule has 2 aromatic heterocycles. The average molecular weight is 476 g/mol. The van der Waals surface area contributed by atoms with Crippen LogP contribution in [-0.4, -0.2) is 28.5 Å². The molecule has 1 saturated heterocycles. The summed E-state index contributed by atoms with van der Waals surface area (Å²) in [6.07, 6.45) is 3.63. The number of nitro benzene ring substituents is 1. The summed E-state index contributed by atoms with van der Waals surface area (Å²) in [5.74, 6) is -0.439. The lowest BCUT2D eigenvalue weighted by atomic mass is 10.1. The van der Waals surface area contributed by atoms with Gasteiger partial charge < -0.3 is 14.8 Å². The molecule has 1 N–H and O–H groups in total. The summed E-state index contributed by atoms with van der Waals surface area (Å²) in [5.41, 5.74) is 3.75. The molecule has 34 heavy (non-hydrogen) atoms. The summed E-state index contributed by atoms with van der Waals surface area (Å²) >= 11 is 1.53. The van der Waals surface area contributed by atoms with Crippen LogP contribution < -0.4 is 10.2 Å².